The number of guanidine groups is 1. The summed E-state index contributed by atoms with van der Waals surface area (Å²) in [7, 11) is 1.68. The summed E-state index contributed by atoms with van der Waals surface area (Å²) in [6.45, 7) is 12.0. The predicted octanol–water partition coefficient (Wildman–Crippen LogP) is 2.83. The molecule has 1 fully saturated rings. The molecule has 178 valence electrons. The second kappa shape index (κ2) is 17.4. The molecule has 8 nitrogen and oxygen atoms in total. The van der Waals surface area contributed by atoms with Crippen LogP contribution in [-0.2, 0) is 14.2 Å². The molecule has 0 spiro atoms. The molecule has 0 unspecified atom stereocenters. The van der Waals surface area contributed by atoms with Crippen molar-refractivity contribution in [3.8, 4) is 5.75 Å². The van der Waals surface area contributed by atoms with Crippen LogP contribution in [0.4, 0.5) is 5.69 Å². The molecule has 0 saturated carbocycles. The number of rotatable bonds is 13. The monoisotopic (exact) mass is 550 g/mol. The fraction of sp³-hybridized carbons (Fsp3) is 0.682. The minimum atomic E-state index is 0. The molecule has 0 atom stereocenters. The van der Waals surface area contributed by atoms with E-state index in [0.717, 1.165) is 63.2 Å². The molecule has 0 radical (unpaired) electrons. The molecule has 2 N–H and O–H groups in total. The van der Waals surface area contributed by atoms with Crippen molar-refractivity contribution in [2.24, 2.45) is 4.99 Å². The molecule has 9 heteroatoms. The maximum atomic E-state index is 5.71. The number of nitrogens with one attached hydrogen (secondary N) is 2. The number of morpholine rings is 1. The van der Waals surface area contributed by atoms with Gasteiger partial charge in [0, 0.05) is 52.1 Å². The van der Waals surface area contributed by atoms with Crippen molar-refractivity contribution in [3.05, 3.63) is 24.3 Å². The zero-order valence-electron chi connectivity index (χ0n) is 19.1. The van der Waals surface area contributed by atoms with Gasteiger partial charge < -0.3 is 29.6 Å². The Hall–Kier alpha value is -1.14. The molecule has 0 amide bonds. The van der Waals surface area contributed by atoms with E-state index in [0.29, 0.717) is 26.4 Å². The quantitative estimate of drug-likeness (QED) is 0.169. The van der Waals surface area contributed by atoms with E-state index in [1.807, 2.05) is 38.1 Å². The van der Waals surface area contributed by atoms with Crippen molar-refractivity contribution < 1.29 is 18.9 Å². The first-order chi connectivity index (χ1) is 14.7. The summed E-state index contributed by atoms with van der Waals surface area (Å²) in [5.41, 5.74) is 0.972. The SMILES string of the molecule is COCCOCCCN=C(NCCN1CCOCC1)Nc1ccc(OC(C)C)cc1.I. The second-order valence-corrected chi connectivity index (χ2v) is 7.39. The maximum absolute atomic E-state index is 5.71. The Morgan fingerprint density at radius 3 is 2.55 bits per heavy atom. The molecular formula is C22H39IN4O4. The van der Waals surface area contributed by atoms with Gasteiger partial charge in [-0.05, 0) is 44.5 Å². The Morgan fingerprint density at radius 2 is 1.87 bits per heavy atom. The summed E-state index contributed by atoms with van der Waals surface area (Å²) in [5.74, 6) is 1.64. The number of ether oxygens (including phenoxy) is 4. The zero-order valence-corrected chi connectivity index (χ0v) is 21.4. The van der Waals surface area contributed by atoms with Crippen LogP contribution in [0.2, 0.25) is 0 Å². The average molecular weight is 550 g/mol. The van der Waals surface area contributed by atoms with E-state index in [4.69, 9.17) is 23.9 Å². The van der Waals surface area contributed by atoms with Crippen molar-refractivity contribution in [2.45, 2.75) is 26.4 Å². The fourth-order valence-corrected chi connectivity index (χ4v) is 2.92. The van der Waals surface area contributed by atoms with Gasteiger partial charge in [-0.2, -0.15) is 0 Å². The summed E-state index contributed by atoms with van der Waals surface area (Å²) in [6, 6.07) is 7.95. The van der Waals surface area contributed by atoms with Crippen molar-refractivity contribution >= 4 is 35.6 Å². The fourth-order valence-electron chi connectivity index (χ4n) is 2.92. The summed E-state index contributed by atoms with van der Waals surface area (Å²) in [4.78, 5) is 7.10. The Balaban J connectivity index is 0.00000480. The topological polar surface area (TPSA) is 76.6 Å². The van der Waals surface area contributed by atoms with Gasteiger partial charge in [0.1, 0.15) is 5.75 Å². The van der Waals surface area contributed by atoms with Crippen LogP contribution < -0.4 is 15.4 Å². The van der Waals surface area contributed by atoms with Crippen LogP contribution >= 0.6 is 24.0 Å². The van der Waals surface area contributed by atoms with E-state index in [2.05, 4.69) is 15.5 Å². The van der Waals surface area contributed by atoms with Gasteiger partial charge in [-0.3, -0.25) is 9.89 Å². The highest BCUT2D eigenvalue weighted by Gasteiger charge is 2.10. The molecule has 1 aromatic rings. The third kappa shape index (κ3) is 13.1. The van der Waals surface area contributed by atoms with Gasteiger partial charge in [0.15, 0.2) is 5.96 Å². The van der Waals surface area contributed by atoms with Crippen molar-refractivity contribution in [2.75, 3.05) is 78.2 Å². The van der Waals surface area contributed by atoms with Gasteiger partial charge in [-0.25, -0.2) is 0 Å². The van der Waals surface area contributed by atoms with Crippen LogP contribution in [0.25, 0.3) is 0 Å². The molecule has 31 heavy (non-hydrogen) atoms. The Bertz CT molecular complexity index is 596. The van der Waals surface area contributed by atoms with Crippen LogP contribution in [0.15, 0.2) is 29.3 Å². The first-order valence-corrected chi connectivity index (χ1v) is 10.9. The molecule has 1 aromatic carbocycles. The second-order valence-electron chi connectivity index (χ2n) is 7.39. The highest BCUT2D eigenvalue weighted by atomic mass is 127. The largest absolute Gasteiger partial charge is 0.491 e. The standard InChI is InChI=1S/C22H38N4O4.HI/c1-19(2)30-21-7-5-20(6-8-21)25-22(23-9-4-14-28-18-17-27-3)24-10-11-26-12-15-29-16-13-26;/h5-8,19H,4,9-18H2,1-3H3,(H2,23,24,25);1H. The first-order valence-electron chi connectivity index (χ1n) is 10.9. The van der Waals surface area contributed by atoms with Crippen LogP contribution in [0.3, 0.4) is 0 Å². The van der Waals surface area contributed by atoms with E-state index < -0.39 is 0 Å². The Labute approximate surface area is 204 Å². The van der Waals surface area contributed by atoms with Crippen LogP contribution in [0.5, 0.6) is 5.75 Å². The van der Waals surface area contributed by atoms with Gasteiger partial charge in [0.05, 0.1) is 32.5 Å². The number of nitrogens with zero attached hydrogens (tertiary/aromatic N) is 2. The molecule has 0 aromatic heterocycles. The predicted molar refractivity (Wildman–Crippen MR) is 136 cm³/mol. The third-order valence-electron chi connectivity index (χ3n) is 4.46. The Morgan fingerprint density at radius 1 is 1.13 bits per heavy atom. The number of benzene rings is 1. The summed E-state index contributed by atoms with van der Waals surface area (Å²) < 4.78 is 21.6. The molecule has 1 aliphatic heterocycles. The molecule has 1 heterocycles. The zero-order chi connectivity index (χ0) is 21.4. The molecule has 1 aliphatic rings. The average Bonchev–Trinajstić information content (AvgIpc) is 2.74. The lowest BCUT2D eigenvalue weighted by Gasteiger charge is -2.26. The molecule has 1 saturated heterocycles. The Kier molecular flexibility index (Phi) is 15.7. The van der Waals surface area contributed by atoms with Gasteiger partial charge in [-0.15, -0.1) is 24.0 Å². The van der Waals surface area contributed by atoms with Gasteiger partial charge in [0.2, 0.25) is 0 Å². The molecular weight excluding hydrogens is 511 g/mol. The lowest BCUT2D eigenvalue weighted by Crippen LogP contribution is -2.42. The highest BCUT2D eigenvalue weighted by molar-refractivity contribution is 14.0. The van der Waals surface area contributed by atoms with Gasteiger partial charge in [-0.1, -0.05) is 0 Å². The molecule has 0 bridgehead atoms. The van der Waals surface area contributed by atoms with Crippen LogP contribution in [0.1, 0.15) is 20.3 Å². The van der Waals surface area contributed by atoms with E-state index in [1.54, 1.807) is 7.11 Å². The van der Waals surface area contributed by atoms with Crippen molar-refractivity contribution in [1.29, 1.82) is 0 Å². The van der Waals surface area contributed by atoms with Crippen LogP contribution in [0, 0.1) is 0 Å². The summed E-state index contributed by atoms with van der Waals surface area (Å²) in [6.07, 6.45) is 1.02. The van der Waals surface area contributed by atoms with Crippen LogP contribution in [-0.4, -0.2) is 89.8 Å². The smallest absolute Gasteiger partial charge is 0.195 e. The van der Waals surface area contributed by atoms with Crippen molar-refractivity contribution in [1.82, 2.24) is 10.2 Å². The van der Waals surface area contributed by atoms with E-state index >= 15 is 0 Å². The number of hydrogen-bond acceptors (Lipinski definition) is 6. The third-order valence-corrected chi connectivity index (χ3v) is 4.46. The van der Waals surface area contributed by atoms with E-state index in [9.17, 15) is 0 Å². The first kappa shape index (κ1) is 27.9. The van der Waals surface area contributed by atoms with Crippen molar-refractivity contribution in [3.63, 3.8) is 0 Å². The van der Waals surface area contributed by atoms with Gasteiger partial charge in [0.25, 0.3) is 0 Å². The summed E-state index contributed by atoms with van der Waals surface area (Å²) in [5, 5.41) is 6.83. The lowest BCUT2D eigenvalue weighted by atomic mass is 10.3. The summed E-state index contributed by atoms with van der Waals surface area (Å²) >= 11 is 0. The minimum absolute atomic E-state index is 0. The molecule has 2 rings (SSSR count). The minimum Gasteiger partial charge on any atom is -0.491 e. The number of aliphatic imine (C=N–C) groups is 1. The highest BCUT2D eigenvalue weighted by Crippen LogP contribution is 2.16. The maximum Gasteiger partial charge on any atom is 0.195 e. The van der Waals surface area contributed by atoms with Gasteiger partial charge >= 0.3 is 0 Å². The number of methoxy groups -OCH3 is 1. The normalized spacial score (nSPS) is 14.9. The number of anilines is 1. The lowest BCUT2D eigenvalue weighted by molar-refractivity contribution is 0.0389. The number of halogens is 1. The van der Waals surface area contributed by atoms with E-state index in [-0.39, 0.29) is 30.1 Å². The molecule has 0 aliphatic carbocycles. The number of hydrogen-bond donors (Lipinski definition) is 2. The van der Waals surface area contributed by atoms with E-state index in [1.165, 1.54) is 0 Å².